The van der Waals surface area contributed by atoms with Crippen molar-refractivity contribution in [3.05, 3.63) is 47.0 Å². The highest BCUT2D eigenvalue weighted by atomic mass is 35.5. The van der Waals surface area contributed by atoms with Crippen LogP contribution in [0, 0.1) is 0 Å². The van der Waals surface area contributed by atoms with Gasteiger partial charge in [0.15, 0.2) is 0 Å². The number of hydrogen-bond acceptors (Lipinski definition) is 5. The van der Waals surface area contributed by atoms with Gasteiger partial charge in [-0.3, -0.25) is 0 Å². The number of aliphatic imine (C=N–C) groups is 1. The number of thiocarbonyl (C=S) groups is 1. The van der Waals surface area contributed by atoms with Crippen LogP contribution in [0.3, 0.4) is 0 Å². The number of alkyl halides is 3. The van der Waals surface area contributed by atoms with E-state index in [2.05, 4.69) is 17.2 Å². The molecule has 0 bridgehead atoms. The molecule has 0 aromatic heterocycles. The van der Waals surface area contributed by atoms with Crippen LogP contribution >= 0.6 is 23.8 Å². The molecule has 2 aromatic carbocycles. The number of amides is 1. The van der Waals surface area contributed by atoms with Gasteiger partial charge in [-0.05, 0) is 75.7 Å². The maximum atomic E-state index is 13.7. The molecule has 3 rings (SSSR count). The summed E-state index contributed by atoms with van der Waals surface area (Å²) in [4.78, 5) is 17.6. The van der Waals surface area contributed by atoms with Gasteiger partial charge in [0.05, 0.1) is 28.0 Å². The summed E-state index contributed by atoms with van der Waals surface area (Å²) in [6.45, 7) is 6.36. The quantitative estimate of drug-likeness (QED) is 0.313. The summed E-state index contributed by atoms with van der Waals surface area (Å²) in [7, 11) is 0. The zero-order valence-corrected chi connectivity index (χ0v) is 20.5. The van der Waals surface area contributed by atoms with Gasteiger partial charge in [0.2, 0.25) is 0 Å². The average Bonchev–Trinajstić information content (AvgIpc) is 2.73. The lowest BCUT2D eigenvalue weighted by Gasteiger charge is -2.34. The zero-order chi connectivity index (χ0) is 25.1. The molecule has 0 aliphatic carbocycles. The summed E-state index contributed by atoms with van der Waals surface area (Å²) in [6, 6.07) is 8.40. The van der Waals surface area contributed by atoms with E-state index in [9.17, 15) is 18.0 Å². The summed E-state index contributed by atoms with van der Waals surface area (Å²) >= 11 is 10.7. The molecular weight excluding hydrogens is 489 g/mol. The molecule has 0 saturated carbocycles. The highest BCUT2D eigenvalue weighted by Gasteiger charge is 2.35. The van der Waals surface area contributed by atoms with E-state index >= 15 is 0 Å². The second-order valence-electron chi connectivity index (χ2n) is 8.88. The van der Waals surface area contributed by atoms with E-state index in [0.29, 0.717) is 18.8 Å². The minimum atomic E-state index is -4.64. The number of rotatable bonds is 4. The first-order valence-electron chi connectivity index (χ1n) is 10.6. The molecule has 1 amide bonds. The molecule has 1 saturated heterocycles. The Labute approximate surface area is 206 Å². The summed E-state index contributed by atoms with van der Waals surface area (Å²) in [5.41, 5.74) is -1.41. The van der Waals surface area contributed by atoms with Crippen LogP contribution in [0.1, 0.15) is 39.2 Å². The van der Waals surface area contributed by atoms with Crippen molar-refractivity contribution >= 4 is 40.8 Å². The van der Waals surface area contributed by atoms with Crippen LogP contribution < -0.4 is 4.74 Å². The first-order valence-corrected chi connectivity index (χ1v) is 11.4. The van der Waals surface area contributed by atoms with Crippen LogP contribution in [0.15, 0.2) is 41.4 Å². The van der Waals surface area contributed by atoms with Crippen molar-refractivity contribution in [2.75, 3.05) is 13.1 Å². The molecule has 2 aromatic rings. The van der Waals surface area contributed by atoms with Gasteiger partial charge in [-0.1, -0.05) is 23.7 Å². The summed E-state index contributed by atoms with van der Waals surface area (Å²) < 4.78 is 52.6. The van der Waals surface area contributed by atoms with Gasteiger partial charge in [-0.2, -0.15) is 18.2 Å². The molecule has 0 radical (unpaired) electrons. The number of halogens is 4. The van der Waals surface area contributed by atoms with Crippen LogP contribution in [-0.2, 0) is 10.9 Å². The number of carbonyl (C=O) groups is 1. The van der Waals surface area contributed by atoms with Crippen molar-refractivity contribution in [1.82, 2.24) is 4.90 Å². The van der Waals surface area contributed by atoms with E-state index in [1.807, 2.05) is 5.16 Å². The van der Waals surface area contributed by atoms with Crippen LogP contribution in [0.25, 0.3) is 11.1 Å². The monoisotopic (exact) mass is 512 g/mol. The van der Waals surface area contributed by atoms with Crippen molar-refractivity contribution in [2.45, 2.75) is 51.5 Å². The van der Waals surface area contributed by atoms with E-state index in [0.717, 1.165) is 18.9 Å². The molecule has 1 aliphatic heterocycles. The third-order valence-electron chi connectivity index (χ3n) is 5.03. The van der Waals surface area contributed by atoms with Gasteiger partial charge < -0.3 is 14.4 Å². The number of likely N-dealkylation sites (tertiary alicyclic amines) is 1. The van der Waals surface area contributed by atoms with Crippen molar-refractivity contribution in [3.63, 3.8) is 0 Å². The normalized spacial score (nSPS) is 16.6. The number of ether oxygens (including phenoxy) is 2. The maximum Gasteiger partial charge on any atom is 0.417 e. The SMILES string of the molecule is CC(C)(C)OC(=O)N1CCCC(Oc2ccc(-c3c(Cl)cc(N=C=S)cc3C(F)(F)F)cc2)C1. The molecular formula is C24H24ClF3N2O3S. The highest BCUT2D eigenvalue weighted by molar-refractivity contribution is 7.78. The molecule has 34 heavy (non-hydrogen) atoms. The Morgan fingerprint density at radius 2 is 1.88 bits per heavy atom. The third kappa shape index (κ3) is 6.72. The number of hydrogen-bond donors (Lipinski definition) is 0. The minimum absolute atomic E-state index is 0.0251. The number of carbonyl (C=O) groups excluding carboxylic acids is 1. The van der Waals surface area contributed by atoms with E-state index in [1.54, 1.807) is 37.8 Å². The number of piperidine rings is 1. The van der Waals surface area contributed by atoms with Gasteiger partial charge in [0, 0.05) is 12.1 Å². The van der Waals surface area contributed by atoms with Crippen molar-refractivity contribution in [2.24, 2.45) is 4.99 Å². The Balaban J connectivity index is 1.78. The second-order valence-corrected chi connectivity index (χ2v) is 9.47. The Bertz CT molecular complexity index is 1090. The molecule has 0 spiro atoms. The van der Waals surface area contributed by atoms with Crippen molar-refractivity contribution in [3.8, 4) is 16.9 Å². The maximum absolute atomic E-state index is 13.7. The molecule has 1 atom stereocenters. The Morgan fingerprint density at radius 1 is 1.21 bits per heavy atom. The lowest BCUT2D eigenvalue weighted by atomic mass is 9.98. The number of benzene rings is 2. The highest BCUT2D eigenvalue weighted by Crippen LogP contribution is 2.43. The van der Waals surface area contributed by atoms with Gasteiger partial charge in [-0.25, -0.2) is 4.79 Å². The molecule has 5 nitrogen and oxygen atoms in total. The fourth-order valence-electron chi connectivity index (χ4n) is 3.65. The molecule has 0 N–H and O–H groups in total. The lowest BCUT2D eigenvalue weighted by molar-refractivity contribution is -0.137. The topological polar surface area (TPSA) is 51.1 Å². The van der Waals surface area contributed by atoms with Crippen molar-refractivity contribution in [1.29, 1.82) is 0 Å². The largest absolute Gasteiger partial charge is 0.489 e. The molecule has 1 heterocycles. The van der Waals surface area contributed by atoms with Crippen LogP contribution in [0.4, 0.5) is 23.7 Å². The van der Waals surface area contributed by atoms with Gasteiger partial charge in [-0.15, -0.1) is 0 Å². The second kappa shape index (κ2) is 10.3. The van der Waals surface area contributed by atoms with Crippen LogP contribution in [0.2, 0.25) is 5.02 Å². The Hall–Kier alpha value is -2.61. The first kappa shape index (κ1) is 26.0. The summed E-state index contributed by atoms with van der Waals surface area (Å²) in [5.74, 6) is 0.478. The number of nitrogens with zero attached hydrogens (tertiary/aromatic N) is 2. The molecule has 1 aliphatic rings. The van der Waals surface area contributed by atoms with E-state index < -0.39 is 23.4 Å². The Morgan fingerprint density at radius 3 is 2.47 bits per heavy atom. The summed E-state index contributed by atoms with van der Waals surface area (Å²) in [6.07, 6.45) is -3.80. The van der Waals surface area contributed by atoms with E-state index in [4.69, 9.17) is 21.1 Å². The molecule has 1 unspecified atom stereocenters. The average molecular weight is 513 g/mol. The van der Waals surface area contributed by atoms with E-state index in [1.165, 1.54) is 18.2 Å². The molecule has 182 valence electrons. The smallest absolute Gasteiger partial charge is 0.417 e. The minimum Gasteiger partial charge on any atom is -0.489 e. The predicted octanol–water partition coefficient (Wildman–Crippen LogP) is 7.54. The van der Waals surface area contributed by atoms with Gasteiger partial charge in [0.25, 0.3) is 0 Å². The van der Waals surface area contributed by atoms with Crippen molar-refractivity contribution < 1.29 is 27.4 Å². The lowest BCUT2D eigenvalue weighted by Crippen LogP contribution is -2.46. The van der Waals surface area contributed by atoms with Crippen LogP contribution in [0.5, 0.6) is 5.75 Å². The fourth-order valence-corrected chi connectivity index (χ4v) is 4.07. The molecule has 10 heteroatoms. The number of isothiocyanates is 1. The van der Waals surface area contributed by atoms with Gasteiger partial charge >= 0.3 is 12.3 Å². The Kier molecular flexibility index (Phi) is 7.91. The standard InChI is InChI=1S/C24H24ClF3N2O3S/c1-23(2,3)33-22(31)30-10-4-5-18(13-30)32-17-8-6-15(7-9-17)21-19(24(26,27)28)11-16(29-14-34)12-20(21)25/h6-9,11-12,18H,4-5,10,13H2,1-3H3. The third-order valence-corrected chi connectivity index (χ3v) is 5.42. The molecule has 1 fully saturated rings. The predicted molar refractivity (Wildman–Crippen MR) is 128 cm³/mol. The fraction of sp³-hybridized carbons (Fsp3) is 0.417. The summed E-state index contributed by atoms with van der Waals surface area (Å²) in [5, 5.41) is 1.95. The zero-order valence-electron chi connectivity index (χ0n) is 18.9. The van der Waals surface area contributed by atoms with E-state index in [-0.39, 0.29) is 27.9 Å². The van der Waals surface area contributed by atoms with Gasteiger partial charge in [0.1, 0.15) is 17.5 Å². The van der Waals surface area contributed by atoms with Crippen LogP contribution in [-0.4, -0.2) is 40.9 Å². The first-order chi connectivity index (χ1) is 15.9.